The molecule has 1 N–H and O–H groups in total. The van der Waals surface area contributed by atoms with Crippen molar-refractivity contribution in [2.45, 2.75) is 75.8 Å². The summed E-state index contributed by atoms with van der Waals surface area (Å²) in [4.78, 5) is 34.1. The number of hydrogen-bond acceptors (Lipinski definition) is 5. The topological polar surface area (TPSA) is 61.8 Å². The van der Waals surface area contributed by atoms with Gasteiger partial charge in [0.15, 0.2) is 10.8 Å². The first-order chi connectivity index (χ1) is 20.5. The van der Waals surface area contributed by atoms with Gasteiger partial charge in [0.1, 0.15) is 11.6 Å². The van der Waals surface area contributed by atoms with E-state index in [1.165, 1.54) is 31.4 Å². The number of benzene rings is 2. The van der Waals surface area contributed by atoms with Crippen LogP contribution < -0.4 is 5.32 Å². The Hall–Kier alpha value is -2.81. The first kappa shape index (κ1) is 31.6. The molecule has 9 heteroatoms. The number of carbonyl (C=O) groups excluding carboxylic acids is 2. The molecule has 0 spiro atoms. The van der Waals surface area contributed by atoms with Crippen molar-refractivity contribution in [1.29, 1.82) is 0 Å². The van der Waals surface area contributed by atoms with Crippen molar-refractivity contribution >= 4 is 45.0 Å². The zero-order chi connectivity index (χ0) is 30.6. The van der Waals surface area contributed by atoms with Gasteiger partial charge in [0.25, 0.3) is 5.91 Å². The Labute approximate surface area is 261 Å². The molecule has 1 saturated carbocycles. The van der Waals surface area contributed by atoms with Crippen molar-refractivity contribution in [1.82, 2.24) is 10.2 Å². The van der Waals surface area contributed by atoms with Crippen LogP contribution in [0.1, 0.15) is 69.9 Å². The van der Waals surface area contributed by atoms with Crippen molar-refractivity contribution in [2.24, 2.45) is 4.99 Å². The average molecular weight is 626 g/mol. The zero-order valence-electron chi connectivity index (χ0n) is 24.7. The second kappa shape index (κ2) is 13.4. The minimum atomic E-state index is -0.704. The van der Waals surface area contributed by atoms with Gasteiger partial charge in [-0.3, -0.25) is 19.5 Å². The van der Waals surface area contributed by atoms with Gasteiger partial charge in [0.2, 0.25) is 0 Å². The van der Waals surface area contributed by atoms with E-state index in [4.69, 9.17) is 11.6 Å². The van der Waals surface area contributed by atoms with E-state index >= 15 is 0 Å². The van der Waals surface area contributed by atoms with E-state index in [-0.39, 0.29) is 40.7 Å². The number of aliphatic imine (C=N–C) groups is 1. The van der Waals surface area contributed by atoms with Gasteiger partial charge in [-0.15, -0.1) is 0 Å². The minimum absolute atomic E-state index is 0.0438. The van der Waals surface area contributed by atoms with Gasteiger partial charge in [-0.2, -0.15) is 0 Å². The Morgan fingerprint density at radius 2 is 1.91 bits per heavy atom. The monoisotopic (exact) mass is 625 g/mol. The average Bonchev–Trinajstić information content (AvgIpc) is 2.96. The molecule has 2 fully saturated rings. The number of amides is 1. The summed E-state index contributed by atoms with van der Waals surface area (Å²) in [5.41, 5.74) is 0.425. The smallest absolute Gasteiger partial charge is 0.276 e. The number of carbonyl (C=O) groups is 2. The van der Waals surface area contributed by atoms with Crippen LogP contribution in [0.4, 0.5) is 8.78 Å². The molecule has 1 saturated heterocycles. The quantitative estimate of drug-likeness (QED) is 0.278. The Bertz CT molecular complexity index is 1460. The van der Waals surface area contributed by atoms with Crippen molar-refractivity contribution in [3.8, 4) is 0 Å². The molecule has 2 aromatic rings. The van der Waals surface area contributed by atoms with Crippen LogP contribution in [0.15, 0.2) is 65.7 Å². The molecule has 43 heavy (non-hydrogen) atoms. The van der Waals surface area contributed by atoms with Crippen LogP contribution in [0.5, 0.6) is 0 Å². The second-order valence-electron chi connectivity index (χ2n) is 12.5. The molecule has 3 aliphatic rings. The number of hydrogen-bond donors (Lipinski definition) is 1. The lowest BCUT2D eigenvalue weighted by Crippen LogP contribution is -2.73. The summed E-state index contributed by atoms with van der Waals surface area (Å²) in [6.07, 6.45) is 12.0. The van der Waals surface area contributed by atoms with Crippen LogP contribution in [0, 0.1) is 11.6 Å². The van der Waals surface area contributed by atoms with Crippen LogP contribution in [0.25, 0.3) is 4.91 Å². The zero-order valence-corrected chi connectivity index (χ0v) is 26.2. The van der Waals surface area contributed by atoms with Crippen LogP contribution >= 0.6 is 23.4 Å². The molecule has 5 nitrogen and oxygen atoms in total. The fourth-order valence-electron chi connectivity index (χ4n) is 6.23. The van der Waals surface area contributed by atoms with E-state index in [1.807, 2.05) is 30.3 Å². The first-order valence-corrected chi connectivity index (χ1v) is 16.1. The van der Waals surface area contributed by atoms with Gasteiger partial charge in [-0.25, -0.2) is 8.78 Å². The van der Waals surface area contributed by atoms with E-state index in [2.05, 4.69) is 29.1 Å². The Kier molecular flexibility index (Phi) is 9.89. The summed E-state index contributed by atoms with van der Waals surface area (Å²) in [6, 6.07) is 11.6. The summed E-state index contributed by atoms with van der Waals surface area (Å²) >= 11 is 7.26. The molecule has 1 aliphatic carbocycles. The molecule has 5 rings (SSSR count). The maximum Gasteiger partial charge on any atom is 0.276 e. The molecule has 0 unspecified atom stereocenters. The van der Waals surface area contributed by atoms with E-state index in [9.17, 15) is 18.4 Å². The van der Waals surface area contributed by atoms with Gasteiger partial charge in [0, 0.05) is 47.1 Å². The standard InChI is InChI=1S/C34H38ClF2N3O2S/c1-33(2,23-8-6-9-24(35)18-23)16-7-12-27(41)20-34(21-40(22-34)26-10-4-3-5-11-26)39-31(42)32-38-17-15-30(43-32)28-14-13-25(36)19-29(28)37/h6-9,12-15,18-19,26H,3-5,10-11,16-17,20-22H2,1-2H3,(H,39,42)/b12-7+. The predicted molar refractivity (Wildman–Crippen MR) is 171 cm³/mol. The highest BCUT2D eigenvalue weighted by Gasteiger charge is 2.48. The summed E-state index contributed by atoms with van der Waals surface area (Å²) in [7, 11) is 0. The molecular formula is C34H38ClF2N3O2S. The van der Waals surface area contributed by atoms with Crippen molar-refractivity contribution < 1.29 is 18.4 Å². The molecule has 0 bridgehead atoms. The van der Waals surface area contributed by atoms with Gasteiger partial charge in [-0.05, 0) is 66.7 Å². The van der Waals surface area contributed by atoms with Gasteiger partial charge in [0.05, 0.1) is 12.1 Å². The number of halogens is 3. The molecule has 2 heterocycles. The maximum atomic E-state index is 14.5. The highest BCUT2D eigenvalue weighted by molar-refractivity contribution is 8.23. The molecule has 228 valence electrons. The predicted octanol–water partition coefficient (Wildman–Crippen LogP) is 7.49. The number of rotatable bonds is 10. The summed E-state index contributed by atoms with van der Waals surface area (Å²) < 4.78 is 27.9. The molecule has 0 aromatic heterocycles. The lowest BCUT2D eigenvalue weighted by Gasteiger charge is -2.54. The minimum Gasteiger partial charge on any atom is -0.342 e. The van der Waals surface area contributed by atoms with Crippen LogP contribution in [0.2, 0.25) is 5.02 Å². The van der Waals surface area contributed by atoms with Crippen LogP contribution in [-0.4, -0.2) is 52.8 Å². The fraction of sp³-hybridized carbons (Fsp3) is 0.441. The molecule has 1 amide bonds. The SMILES string of the molecule is CC(C)(C/C=C/C(=O)CC1(NC(=O)C2=NCC=C(c3ccc(F)cc3F)S2)CN(C2CCCCC2)C1)c1cccc(Cl)c1. The van der Waals surface area contributed by atoms with Crippen molar-refractivity contribution in [3.63, 3.8) is 0 Å². The lowest BCUT2D eigenvalue weighted by molar-refractivity contribution is -0.124. The maximum absolute atomic E-state index is 14.5. The molecular weight excluding hydrogens is 588 g/mol. The third-order valence-electron chi connectivity index (χ3n) is 8.64. The third-order valence-corrected chi connectivity index (χ3v) is 9.99. The Balaban J connectivity index is 1.25. The van der Waals surface area contributed by atoms with Crippen LogP contribution in [0.3, 0.4) is 0 Å². The van der Waals surface area contributed by atoms with Gasteiger partial charge >= 0.3 is 0 Å². The van der Waals surface area contributed by atoms with Gasteiger partial charge in [-0.1, -0.05) is 74.7 Å². The van der Waals surface area contributed by atoms with Crippen molar-refractivity contribution in [3.05, 3.63) is 88.5 Å². The van der Waals surface area contributed by atoms with E-state index in [1.54, 1.807) is 12.2 Å². The first-order valence-electron chi connectivity index (χ1n) is 14.9. The molecule has 0 radical (unpaired) electrons. The highest BCUT2D eigenvalue weighted by atomic mass is 35.5. The number of likely N-dealkylation sites (tertiary alicyclic amines) is 1. The van der Waals surface area contributed by atoms with E-state index < -0.39 is 17.2 Å². The second-order valence-corrected chi connectivity index (χ2v) is 14.0. The molecule has 2 aromatic carbocycles. The Morgan fingerprint density at radius 3 is 2.63 bits per heavy atom. The summed E-state index contributed by atoms with van der Waals surface area (Å²) in [5, 5.41) is 4.04. The Morgan fingerprint density at radius 1 is 1.14 bits per heavy atom. The number of ketones is 1. The largest absolute Gasteiger partial charge is 0.342 e. The molecule has 0 atom stereocenters. The van der Waals surface area contributed by atoms with E-state index in [0.29, 0.717) is 35.5 Å². The fourth-order valence-corrected chi connectivity index (χ4v) is 7.35. The summed E-state index contributed by atoms with van der Waals surface area (Å²) in [5.74, 6) is -1.76. The number of allylic oxidation sites excluding steroid dienone is 2. The van der Waals surface area contributed by atoms with E-state index in [0.717, 1.165) is 36.2 Å². The normalized spacial score (nSPS) is 19.5. The number of nitrogens with zero attached hydrogens (tertiary/aromatic N) is 2. The van der Waals surface area contributed by atoms with Crippen molar-refractivity contribution in [2.75, 3.05) is 19.6 Å². The highest BCUT2D eigenvalue weighted by Crippen LogP contribution is 2.36. The number of thioether (sulfide) groups is 1. The van der Waals surface area contributed by atoms with Crippen LogP contribution in [-0.2, 0) is 15.0 Å². The van der Waals surface area contributed by atoms with Gasteiger partial charge < -0.3 is 5.32 Å². The third kappa shape index (κ3) is 7.83. The summed E-state index contributed by atoms with van der Waals surface area (Å²) in [6.45, 7) is 5.65. The lowest BCUT2D eigenvalue weighted by atomic mass is 9.80. The molecule has 2 aliphatic heterocycles. The number of nitrogens with one attached hydrogen (secondary N) is 1.